The molecule has 0 spiro atoms. The lowest BCUT2D eigenvalue weighted by atomic mass is 10.7. The Morgan fingerprint density at radius 3 is 2.83 bits per heavy atom. The Labute approximate surface area is 69.5 Å². The largest absolute Gasteiger partial charge is 0.380 e. The van der Waals surface area contributed by atoms with E-state index < -0.39 is 10.3 Å². The molecule has 0 fully saturated rings. The highest BCUT2D eigenvalue weighted by atomic mass is 32.2. The first kappa shape index (κ1) is 8.75. The molecule has 0 atom stereocenters. The van der Waals surface area contributed by atoms with Crippen LogP contribution in [0.25, 0.3) is 6.20 Å². The van der Waals surface area contributed by atoms with Crippen LogP contribution in [0.5, 0.6) is 5.75 Å². The lowest BCUT2D eigenvalue weighted by Gasteiger charge is -1.95. The SMILES string of the molecule is C=Cn1cc(OS(N)(=O)=O)cn1. The molecule has 7 heteroatoms. The maximum atomic E-state index is 10.4. The summed E-state index contributed by atoms with van der Waals surface area (Å²) in [5.74, 6) is 0.0531. The summed E-state index contributed by atoms with van der Waals surface area (Å²) in [6.45, 7) is 3.40. The Kier molecular flexibility index (Phi) is 2.15. The molecule has 0 saturated heterocycles. The van der Waals surface area contributed by atoms with Crippen molar-refractivity contribution >= 4 is 16.5 Å². The van der Waals surface area contributed by atoms with Gasteiger partial charge in [-0.15, -0.1) is 0 Å². The Morgan fingerprint density at radius 2 is 2.42 bits per heavy atom. The number of nitrogens with two attached hydrogens (primary N) is 1. The van der Waals surface area contributed by atoms with Crippen LogP contribution in [-0.2, 0) is 10.3 Å². The Bertz CT molecular complexity index is 380. The van der Waals surface area contributed by atoms with Crippen LogP contribution in [0, 0.1) is 0 Å². The standard InChI is InChI=1S/C5H7N3O3S/c1-2-8-4-5(3-7-8)11-12(6,9)10/h2-4H,1H2,(H2,6,9,10). The molecule has 12 heavy (non-hydrogen) atoms. The molecule has 0 amide bonds. The van der Waals surface area contributed by atoms with Gasteiger partial charge in [0.2, 0.25) is 0 Å². The molecule has 0 aromatic carbocycles. The quantitative estimate of drug-likeness (QED) is 0.698. The monoisotopic (exact) mass is 189 g/mol. The van der Waals surface area contributed by atoms with Gasteiger partial charge in [-0.3, -0.25) is 0 Å². The second kappa shape index (κ2) is 2.95. The van der Waals surface area contributed by atoms with Gasteiger partial charge in [-0.05, 0) is 0 Å². The van der Waals surface area contributed by atoms with Crippen molar-refractivity contribution in [2.75, 3.05) is 0 Å². The maximum absolute atomic E-state index is 10.4. The topological polar surface area (TPSA) is 87.2 Å². The van der Waals surface area contributed by atoms with Gasteiger partial charge < -0.3 is 4.18 Å². The summed E-state index contributed by atoms with van der Waals surface area (Å²) in [5, 5.41) is 8.28. The van der Waals surface area contributed by atoms with Gasteiger partial charge in [0.15, 0.2) is 5.75 Å². The van der Waals surface area contributed by atoms with E-state index in [-0.39, 0.29) is 5.75 Å². The molecule has 2 N–H and O–H groups in total. The van der Waals surface area contributed by atoms with Crippen molar-refractivity contribution in [2.24, 2.45) is 5.14 Å². The maximum Gasteiger partial charge on any atom is 0.380 e. The van der Waals surface area contributed by atoms with Crippen molar-refractivity contribution in [3.05, 3.63) is 19.0 Å². The van der Waals surface area contributed by atoms with E-state index in [4.69, 9.17) is 0 Å². The van der Waals surface area contributed by atoms with Crippen LogP contribution >= 0.6 is 0 Å². The molecular formula is C5H7N3O3S. The molecule has 1 aromatic rings. The van der Waals surface area contributed by atoms with E-state index in [1.165, 1.54) is 23.3 Å². The molecular weight excluding hydrogens is 182 g/mol. The van der Waals surface area contributed by atoms with Gasteiger partial charge >= 0.3 is 10.3 Å². The third kappa shape index (κ3) is 2.36. The van der Waals surface area contributed by atoms with Crippen molar-refractivity contribution in [2.45, 2.75) is 0 Å². The zero-order valence-electron chi connectivity index (χ0n) is 6.04. The summed E-state index contributed by atoms with van der Waals surface area (Å²) < 4.78 is 26.4. The van der Waals surface area contributed by atoms with Gasteiger partial charge in [-0.2, -0.15) is 18.7 Å². The summed E-state index contributed by atoms with van der Waals surface area (Å²) >= 11 is 0. The molecule has 0 radical (unpaired) electrons. The minimum absolute atomic E-state index is 0.0531. The lowest BCUT2D eigenvalue weighted by Crippen LogP contribution is -2.18. The minimum atomic E-state index is -3.96. The molecule has 66 valence electrons. The van der Waals surface area contributed by atoms with Gasteiger partial charge in [-0.25, -0.2) is 4.68 Å². The smallest absolute Gasteiger partial charge is 0.368 e. The summed E-state index contributed by atoms with van der Waals surface area (Å²) in [7, 11) is -3.96. The highest BCUT2D eigenvalue weighted by Crippen LogP contribution is 2.09. The first-order chi connectivity index (χ1) is 5.51. The molecule has 1 aromatic heterocycles. The summed E-state index contributed by atoms with van der Waals surface area (Å²) in [5.41, 5.74) is 0. The third-order valence-corrected chi connectivity index (χ3v) is 1.40. The van der Waals surface area contributed by atoms with Crippen molar-refractivity contribution in [3.8, 4) is 5.75 Å². The van der Waals surface area contributed by atoms with Gasteiger partial charge in [0.1, 0.15) is 0 Å². The van der Waals surface area contributed by atoms with E-state index in [1.54, 1.807) is 0 Å². The molecule has 1 rings (SSSR count). The van der Waals surface area contributed by atoms with Crippen molar-refractivity contribution in [3.63, 3.8) is 0 Å². The number of nitrogens with zero attached hydrogens (tertiary/aromatic N) is 2. The number of hydrogen-bond donors (Lipinski definition) is 1. The Hall–Kier alpha value is -1.34. The zero-order valence-corrected chi connectivity index (χ0v) is 6.86. The molecule has 0 aliphatic rings. The van der Waals surface area contributed by atoms with Crippen LogP contribution in [0.3, 0.4) is 0 Å². The Morgan fingerprint density at radius 1 is 1.75 bits per heavy atom. The van der Waals surface area contributed by atoms with E-state index in [1.807, 2.05) is 0 Å². The van der Waals surface area contributed by atoms with Crippen LogP contribution < -0.4 is 9.32 Å². The van der Waals surface area contributed by atoms with Gasteiger partial charge in [0.25, 0.3) is 0 Å². The fourth-order valence-electron chi connectivity index (χ4n) is 0.598. The third-order valence-electron chi connectivity index (χ3n) is 0.977. The van der Waals surface area contributed by atoms with E-state index in [9.17, 15) is 8.42 Å². The molecule has 0 unspecified atom stereocenters. The summed E-state index contributed by atoms with van der Waals surface area (Å²) in [4.78, 5) is 0. The highest BCUT2D eigenvalue weighted by Gasteiger charge is 2.05. The second-order valence-electron chi connectivity index (χ2n) is 1.91. The van der Waals surface area contributed by atoms with Crippen molar-refractivity contribution in [1.29, 1.82) is 0 Å². The molecule has 0 bridgehead atoms. The summed E-state index contributed by atoms with van der Waals surface area (Å²) in [6.07, 6.45) is 3.93. The van der Waals surface area contributed by atoms with Gasteiger partial charge in [0.05, 0.1) is 12.4 Å². The fourth-order valence-corrected chi connectivity index (χ4v) is 0.952. The highest BCUT2D eigenvalue weighted by molar-refractivity contribution is 7.84. The second-order valence-corrected chi connectivity index (χ2v) is 3.07. The zero-order chi connectivity index (χ0) is 9.19. The molecule has 0 saturated carbocycles. The van der Waals surface area contributed by atoms with Crippen LogP contribution in [0.2, 0.25) is 0 Å². The lowest BCUT2D eigenvalue weighted by molar-refractivity contribution is 0.487. The predicted octanol–water partition coefficient (Wildman–Crippen LogP) is -0.434. The first-order valence-electron chi connectivity index (χ1n) is 2.90. The van der Waals surface area contributed by atoms with Crippen molar-refractivity contribution in [1.82, 2.24) is 9.78 Å². The average Bonchev–Trinajstić information content (AvgIpc) is 2.32. The van der Waals surface area contributed by atoms with E-state index in [0.717, 1.165) is 0 Å². The van der Waals surface area contributed by atoms with E-state index >= 15 is 0 Å². The van der Waals surface area contributed by atoms with Gasteiger partial charge in [0, 0.05) is 6.20 Å². The van der Waals surface area contributed by atoms with Crippen LogP contribution in [0.1, 0.15) is 0 Å². The summed E-state index contributed by atoms with van der Waals surface area (Å²) in [6, 6.07) is 0. The van der Waals surface area contributed by atoms with Crippen LogP contribution in [0.15, 0.2) is 19.0 Å². The first-order valence-corrected chi connectivity index (χ1v) is 4.37. The van der Waals surface area contributed by atoms with Crippen LogP contribution in [-0.4, -0.2) is 18.2 Å². The average molecular weight is 189 g/mol. The molecule has 1 heterocycles. The Balaban J connectivity index is 2.84. The van der Waals surface area contributed by atoms with Crippen LogP contribution in [0.4, 0.5) is 0 Å². The molecule has 0 aliphatic heterocycles. The number of rotatable bonds is 3. The molecule has 0 aliphatic carbocycles. The number of hydrogen-bond acceptors (Lipinski definition) is 4. The predicted molar refractivity (Wildman–Crippen MR) is 42.3 cm³/mol. The fraction of sp³-hybridized carbons (Fsp3) is 0. The van der Waals surface area contributed by atoms with Gasteiger partial charge in [-0.1, -0.05) is 6.58 Å². The van der Waals surface area contributed by atoms with E-state index in [0.29, 0.717) is 0 Å². The minimum Gasteiger partial charge on any atom is -0.368 e. The van der Waals surface area contributed by atoms with E-state index in [2.05, 4.69) is 21.0 Å². The number of aromatic nitrogens is 2. The normalized spacial score (nSPS) is 11.1. The molecule has 6 nitrogen and oxygen atoms in total. The van der Waals surface area contributed by atoms with Crippen molar-refractivity contribution < 1.29 is 12.6 Å².